The van der Waals surface area contributed by atoms with Crippen molar-refractivity contribution in [1.29, 1.82) is 5.41 Å². The number of rotatable bonds is 12. The zero-order valence-corrected chi connectivity index (χ0v) is 19.3. The van der Waals surface area contributed by atoms with Crippen LogP contribution in [0.2, 0.25) is 0 Å². The maximum absolute atomic E-state index is 12.9. The van der Waals surface area contributed by atoms with Crippen LogP contribution in [0, 0.1) is 5.41 Å². The topological polar surface area (TPSA) is 144 Å². The molecule has 174 valence electrons. The Kier molecular flexibility index (Phi) is 8.89. The van der Waals surface area contributed by atoms with E-state index in [9.17, 15) is 13.2 Å². The van der Waals surface area contributed by atoms with E-state index in [4.69, 9.17) is 20.6 Å². The number of amidine groups is 1. The molecular formula is C22H30N4O5S. The monoisotopic (exact) mass is 462 g/mol. The summed E-state index contributed by atoms with van der Waals surface area (Å²) in [7, 11) is -3.76. The first-order chi connectivity index (χ1) is 15.2. The van der Waals surface area contributed by atoms with Crippen molar-refractivity contribution in [3.05, 3.63) is 53.6 Å². The van der Waals surface area contributed by atoms with Crippen LogP contribution in [0.25, 0.3) is 0 Å². The van der Waals surface area contributed by atoms with E-state index in [1.807, 2.05) is 13.8 Å². The van der Waals surface area contributed by atoms with Gasteiger partial charge in [-0.05, 0) is 62.2 Å². The minimum absolute atomic E-state index is 0.0797. The van der Waals surface area contributed by atoms with E-state index in [-0.39, 0.29) is 11.6 Å². The van der Waals surface area contributed by atoms with Gasteiger partial charge in [-0.3, -0.25) is 14.9 Å². The summed E-state index contributed by atoms with van der Waals surface area (Å²) in [6.07, 6.45) is 0.824. The third kappa shape index (κ3) is 6.88. The van der Waals surface area contributed by atoms with Gasteiger partial charge in [-0.25, -0.2) is 8.42 Å². The third-order valence-electron chi connectivity index (χ3n) is 4.47. The Balaban J connectivity index is 2.43. The van der Waals surface area contributed by atoms with E-state index >= 15 is 0 Å². The fourth-order valence-corrected chi connectivity index (χ4v) is 3.37. The second-order valence-electron chi connectivity index (χ2n) is 6.93. The van der Waals surface area contributed by atoms with Crippen molar-refractivity contribution in [2.45, 2.75) is 33.2 Å². The Morgan fingerprint density at radius 2 is 1.75 bits per heavy atom. The minimum Gasteiger partial charge on any atom is -0.490 e. The van der Waals surface area contributed by atoms with E-state index in [0.29, 0.717) is 41.5 Å². The van der Waals surface area contributed by atoms with Gasteiger partial charge in [0.15, 0.2) is 11.5 Å². The molecule has 1 atom stereocenters. The quantitative estimate of drug-likeness (QED) is 0.280. The van der Waals surface area contributed by atoms with Crippen LogP contribution in [-0.4, -0.2) is 39.1 Å². The molecule has 0 aliphatic heterocycles. The van der Waals surface area contributed by atoms with Gasteiger partial charge in [0.05, 0.1) is 19.0 Å². The average molecular weight is 463 g/mol. The number of benzene rings is 2. The fraction of sp³-hybridized carbons (Fsp3) is 0.364. The Morgan fingerprint density at radius 1 is 1.06 bits per heavy atom. The lowest BCUT2D eigenvalue weighted by Crippen LogP contribution is -2.38. The highest BCUT2D eigenvalue weighted by molar-refractivity contribution is 7.90. The van der Waals surface area contributed by atoms with Crippen molar-refractivity contribution in [2.75, 3.05) is 24.3 Å². The van der Waals surface area contributed by atoms with Crippen LogP contribution < -0.4 is 25.2 Å². The second-order valence-corrected chi connectivity index (χ2v) is 8.94. The van der Waals surface area contributed by atoms with Gasteiger partial charge in [0.2, 0.25) is 10.0 Å². The van der Waals surface area contributed by atoms with Gasteiger partial charge in [-0.2, -0.15) is 0 Å². The molecule has 0 aliphatic rings. The van der Waals surface area contributed by atoms with Crippen molar-refractivity contribution >= 4 is 27.5 Å². The third-order valence-corrected chi connectivity index (χ3v) is 5.74. The predicted molar refractivity (Wildman–Crippen MR) is 125 cm³/mol. The lowest BCUT2D eigenvalue weighted by Gasteiger charge is -2.21. The number of sulfonamides is 1. The van der Waals surface area contributed by atoms with Gasteiger partial charge in [0.25, 0.3) is 5.91 Å². The molecule has 0 aromatic heterocycles. The number of anilines is 1. The number of nitrogens with two attached hydrogens (primary N) is 1. The van der Waals surface area contributed by atoms with Crippen molar-refractivity contribution in [1.82, 2.24) is 4.72 Å². The highest BCUT2D eigenvalue weighted by Gasteiger charge is 2.25. The van der Waals surface area contributed by atoms with Crippen LogP contribution in [0.4, 0.5) is 5.69 Å². The van der Waals surface area contributed by atoms with E-state index in [1.165, 1.54) is 6.92 Å². The molecule has 1 amide bonds. The molecule has 0 fully saturated rings. The molecule has 2 aromatic carbocycles. The number of carbonyl (C=O) groups excluding carboxylic acids is 1. The van der Waals surface area contributed by atoms with Gasteiger partial charge in [0.1, 0.15) is 11.9 Å². The maximum atomic E-state index is 12.9. The molecule has 2 rings (SSSR count). The summed E-state index contributed by atoms with van der Waals surface area (Å²) in [6, 6.07) is 10.6. The van der Waals surface area contributed by atoms with E-state index in [1.54, 1.807) is 42.5 Å². The fourth-order valence-electron chi connectivity index (χ4n) is 2.80. The van der Waals surface area contributed by atoms with Crippen molar-refractivity contribution in [3.63, 3.8) is 0 Å². The average Bonchev–Trinajstić information content (AvgIpc) is 2.76. The first-order valence-corrected chi connectivity index (χ1v) is 12.0. The summed E-state index contributed by atoms with van der Waals surface area (Å²) in [5, 5.41) is 10.6. The molecule has 9 nitrogen and oxygen atoms in total. The number of nitrogens with one attached hydrogen (secondary N) is 3. The smallest absolute Gasteiger partial charge is 0.260 e. The summed E-state index contributed by atoms with van der Waals surface area (Å²) in [4.78, 5) is 12.9. The summed E-state index contributed by atoms with van der Waals surface area (Å²) in [5.74, 6) is -0.0322. The Hall–Kier alpha value is -3.27. The molecule has 0 bridgehead atoms. The number of ether oxygens (including phenoxy) is 2. The number of nitrogen functional groups attached to an aromatic ring is 1. The van der Waals surface area contributed by atoms with E-state index < -0.39 is 22.0 Å². The number of carbonyl (C=O) groups is 1. The molecule has 32 heavy (non-hydrogen) atoms. The Bertz CT molecular complexity index is 1040. The SMILES string of the molecule is CCCOc1ccc(C(Nc2ccc(C(=N)N)cc2)C(=O)NS(=O)(=O)CC)cc1OCC. The van der Waals surface area contributed by atoms with Gasteiger partial charge >= 0.3 is 0 Å². The van der Waals surface area contributed by atoms with Crippen molar-refractivity contribution in [3.8, 4) is 11.5 Å². The van der Waals surface area contributed by atoms with E-state index in [0.717, 1.165) is 6.42 Å². The molecule has 0 radical (unpaired) electrons. The Morgan fingerprint density at radius 3 is 2.31 bits per heavy atom. The molecule has 0 heterocycles. The normalized spacial score (nSPS) is 12.0. The van der Waals surface area contributed by atoms with Gasteiger partial charge in [-0.15, -0.1) is 0 Å². The minimum atomic E-state index is -3.76. The zero-order valence-electron chi connectivity index (χ0n) is 18.5. The summed E-state index contributed by atoms with van der Waals surface area (Å²) < 4.78 is 37.5. The Labute approximate surface area is 188 Å². The molecule has 1 unspecified atom stereocenters. The van der Waals surface area contributed by atoms with Crippen molar-refractivity contribution in [2.24, 2.45) is 5.73 Å². The predicted octanol–water partition coefficient (Wildman–Crippen LogP) is 2.78. The van der Waals surface area contributed by atoms with Crippen molar-refractivity contribution < 1.29 is 22.7 Å². The highest BCUT2D eigenvalue weighted by atomic mass is 32.2. The van der Waals surface area contributed by atoms with Crippen LogP contribution in [0.5, 0.6) is 11.5 Å². The molecule has 2 aromatic rings. The summed E-state index contributed by atoms with van der Waals surface area (Å²) in [5.41, 5.74) is 7.06. The lowest BCUT2D eigenvalue weighted by molar-refractivity contribution is -0.120. The first-order valence-electron chi connectivity index (χ1n) is 10.4. The molecule has 10 heteroatoms. The highest BCUT2D eigenvalue weighted by Crippen LogP contribution is 2.32. The van der Waals surface area contributed by atoms with Gasteiger partial charge in [-0.1, -0.05) is 13.0 Å². The zero-order chi connectivity index (χ0) is 23.7. The van der Waals surface area contributed by atoms with Crippen LogP contribution in [0.1, 0.15) is 44.4 Å². The largest absolute Gasteiger partial charge is 0.490 e. The van der Waals surface area contributed by atoms with Crippen LogP contribution in [0.3, 0.4) is 0 Å². The molecule has 0 spiro atoms. The standard InChI is InChI=1S/C22H30N4O5S/c1-4-13-31-18-12-9-16(14-19(18)30-5-2)20(22(27)26-32(28,29)6-3)25-17-10-7-15(8-11-17)21(23)24/h7-12,14,20,25H,4-6,13H2,1-3H3,(H3,23,24)(H,26,27). The van der Waals surface area contributed by atoms with Crippen LogP contribution >= 0.6 is 0 Å². The van der Waals surface area contributed by atoms with Crippen LogP contribution in [-0.2, 0) is 14.8 Å². The summed E-state index contributed by atoms with van der Waals surface area (Å²) >= 11 is 0. The molecular weight excluding hydrogens is 432 g/mol. The lowest BCUT2D eigenvalue weighted by atomic mass is 10.0. The van der Waals surface area contributed by atoms with E-state index in [2.05, 4.69) is 10.0 Å². The molecule has 0 saturated heterocycles. The molecule has 0 aliphatic carbocycles. The van der Waals surface area contributed by atoms with Crippen LogP contribution in [0.15, 0.2) is 42.5 Å². The maximum Gasteiger partial charge on any atom is 0.260 e. The summed E-state index contributed by atoms with van der Waals surface area (Å²) in [6.45, 7) is 6.19. The number of hydrogen-bond donors (Lipinski definition) is 4. The molecule has 0 saturated carbocycles. The second kappa shape index (κ2) is 11.4. The first kappa shape index (κ1) is 25.0. The number of hydrogen-bond acceptors (Lipinski definition) is 7. The van der Waals surface area contributed by atoms with Gasteiger partial charge < -0.3 is 20.5 Å². The molecule has 5 N–H and O–H groups in total. The van der Waals surface area contributed by atoms with Gasteiger partial charge in [0, 0.05) is 11.3 Å². The number of amides is 1.